The van der Waals surface area contributed by atoms with Gasteiger partial charge in [0, 0.05) is 18.0 Å². The Bertz CT molecular complexity index is 564. The molecule has 0 aliphatic carbocycles. The number of carbonyl (C=O) groups is 1. The van der Waals surface area contributed by atoms with E-state index in [-0.39, 0.29) is 24.3 Å². The van der Waals surface area contributed by atoms with E-state index < -0.39 is 0 Å². The lowest BCUT2D eigenvalue weighted by Crippen LogP contribution is -2.32. The number of aliphatic hydroxyl groups excluding tert-OH is 1. The smallest absolute Gasteiger partial charge is 0.287 e. The molecule has 96 valence electrons. The Morgan fingerprint density at radius 3 is 3.00 bits per heavy atom. The number of carbonyl (C=O) groups excluding carboxylic acids is 1. The van der Waals surface area contributed by atoms with Gasteiger partial charge in [-0.15, -0.1) is 0 Å². The van der Waals surface area contributed by atoms with E-state index in [2.05, 4.69) is 21.2 Å². The summed E-state index contributed by atoms with van der Waals surface area (Å²) in [5, 5.41) is 12.4. The van der Waals surface area contributed by atoms with E-state index in [4.69, 9.17) is 9.52 Å². The second-order valence-electron chi connectivity index (χ2n) is 4.16. The van der Waals surface area contributed by atoms with Crippen LogP contribution in [0.3, 0.4) is 0 Å². The topological polar surface area (TPSA) is 62.5 Å². The molecule has 0 saturated heterocycles. The molecule has 2 rings (SSSR count). The fourth-order valence-electron chi connectivity index (χ4n) is 1.70. The molecule has 18 heavy (non-hydrogen) atoms. The Labute approximate surface area is 113 Å². The molecule has 0 saturated carbocycles. The SMILES string of the molecule is CC(CCO)NC(=O)c1cc2cccc(Br)c2o1. The summed E-state index contributed by atoms with van der Waals surface area (Å²) in [5.41, 5.74) is 0.664. The highest BCUT2D eigenvalue weighted by molar-refractivity contribution is 9.10. The predicted molar refractivity (Wildman–Crippen MR) is 72.5 cm³/mol. The summed E-state index contributed by atoms with van der Waals surface area (Å²) < 4.78 is 6.34. The van der Waals surface area contributed by atoms with Crippen molar-refractivity contribution in [2.45, 2.75) is 19.4 Å². The van der Waals surface area contributed by atoms with Crippen molar-refractivity contribution < 1.29 is 14.3 Å². The van der Waals surface area contributed by atoms with Gasteiger partial charge in [0.05, 0.1) is 4.47 Å². The third-order valence-corrected chi connectivity index (χ3v) is 3.28. The number of aliphatic hydroxyl groups is 1. The van der Waals surface area contributed by atoms with E-state index in [1.807, 2.05) is 25.1 Å². The van der Waals surface area contributed by atoms with Crippen LogP contribution in [0, 0.1) is 0 Å². The number of rotatable bonds is 4. The Hall–Kier alpha value is -1.33. The second kappa shape index (κ2) is 5.54. The summed E-state index contributed by atoms with van der Waals surface area (Å²) in [7, 11) is 0. The van der Waals surface area contributed by atoms with Crippen molar-refractivity contribution in [3.8, 4) is 0 Å². The first-order valence-electron chi connectivity index (χ1n) is 5.71. The van der Waals surface area contributed by atoms with Gasteiger partial charge in [0.1, 0.15) is 5.58 Å². The van der Waals surface area contributed by atoms with E-state index in [1.54, 1.807) is 6.07 Å². The molecule has 2 aromatic rings. The van der Waals surface area contributed by atoms with Gasteiger partial charge in [-0.1, -0.05) is 12.1 Å². The van der Waals surface area contributed by atoms with E-state index in [1.165, 1.54) is 0 Å². The highest BCUT2D eigenvalue weighted by atomic mass is 79.9. The fourth-order valence-corrected chi connectivity index (χ4v) is 2.16. The van der Waals surface area contributed by atoms with Crippen LogP contribution in [0.25, 0.3) is 11.0 Å². The van der Waals surface area contributed by atoms with Crippen molar-refractivity contribution in [1.82, 2.24) is 5.32 Å². The summed E-state index contributed by atoms with van der Waals surface area (Å²) in [6.07, 6.45) is 0.523. The molecule has 1 atom stereocenters. The number of fused-ring (bicyclic) bond motifs is 1. The van der Waals surface area contributed by atoms with Crippen molar-refractivity contribution in [2.24, 2.45) is 0 Å². The molecule has 1 aromatic heterocycles. The molecule has 5 heteroatoms. The summed E-state index contributed by atoms with van der Waals surface area (Å²) >= 11 is 3.38. The first-order chi connectivity index (χ1) is 8.61. The van der Waals surface area contributed by atoms with Crippen LogP contribution in [-0.4, -0.2) is 23.7 Å². The Morgan fingerprint density at radius 1 is 1.56 bits per heavy atom. The lowest BCUT2D eigenvalue weighted by Gasteiger charge is -2.10. The molecule has 1 heterocycles. The highest BCUT2D eigenvalue weighted by Gasteiger charge is 2.15. The largest absolute Gasteiger partial charge is 0.450 e. The number of hydrogen-bond acceptors (Lipinski definition) is 3. The minimum absolute atomic E-state index is 0.0487. The van der Waals surface area contributed by atoms with Crippen molar-refractivity contribution in [3.05, 3.63) is 34.5 Å². The fraction of sp³-hybridized carbons (Fsp3) is 0.308. The van der Waals surface area contributed by atoms with Gasteiger partial charge < -0.3 is 14.8 Å². The molecule has 1 aromatic carbocycles. The first-order valence-corrected chi connectivity index (χ1v) is 6.51. The molecule has 0 fully saturated rings. The standard InChI is InChI=1S/C13H14BrNO3/c1-8(5-6-16)15-13(17)11-7-9-3-2-4-10(14)12(9)18-11/h2-4,7-8,16H,5-6H2,1H3,(H,15,17). The van der Waals surface area contributed by atoms with E-state index in [9.17, 15) is 4.79 Å². The monoisotopic (exact) mass is 311 g/mol. The van der Waals surface area contributed by atoms with Crippen molar-refractivity contribution in [2.75, 3.05) is 6.61 Å². The van der Waals surface area contributed by atoms with E-state index in [0.717, 1.165) is 9.86 Å². The molecule has 4 nitrogen and oxygen atoms in total. The molecule has 2 N–H and O–H groups in total. The van der Waals surface area contributed by atoms with Gasteiger partial charge in [0.25, 0.3) is 5.91 Å². The van der Waals surface area contributed by atoms with Gasteiger partial charge in [-0.3, -0.25) is 4.79 Å². The molecule has 0 aliphatic rings. The lowest BCUT2D eigenvalue weighted by molar-refractivity contribution is 0.0908. The Morgan fingerprint density at radius 2 is 2.33 bits per heavy atom. The average molecular weight is 312 g/mol. The zero-order valence-corrected chi connectivity index (χ0v) is 11.5. The number of para-hydroxylation sites is 1. The van der Waals surface area contributed by atoms with Crippen molar-refractivity contribution in [3.63, 3.8) is 0 Å². The number of amides is 1. The molecular formula is C13H14BrNO3. The van der Waals surface area contributed by atoms with Gasteiger partial charge >= 0.3 is 0 Å². The molecule has 0 spiro atoms. The predicted octanol–water partition coefficient (Wildman–Crippen LogP) is 2.70. The molecule has 1 unspecified atom stereocenters. The quantitative estimate of drug-likeness (QED) is 0.912. The molecule has 1 amide bonds. The van der Waals surface area contributed by atoms with Crippen LogP contribution in [0.15, 0.2) is 33.2 Å². The van der Waals surface area contributed by atoms with Gasteiger partial charge in [-0.25, -0.2) is 0 Å². The first kappa shape index (κ1) is 13.1. The van der Waals surface area contributed by atoms with Crippen LogP contribution >= 0.6 is 15.9 Å². The van der Waals surface area contributed by atoms with Crippen LogP contribution in [0.1, 0.15) is 23.9 Å². The van der Waals surface area contributed by atoms with Gasteiger partial charge in [-0.05, 0) is 41.4 Å². The molecule has 0 radical (unpaired) electrons. The second-order valence-corrected chi connectivity index (χ2v) is 5.01. The zero-order chi connectivity index (χ0) is 13.1. The lowest BCUT2D eigenvalue weighted by atomic mass is 10.2. The van der Waals surface area contributed by atoms with Crippen LogP contribution in [-0.2, 0) is 0 Å². The summed E-state index contributed by atoms with van der Waals surface area (Å²) in [4.78, 5) is 11.9. The number of benzene rings is 1. The maximum atomic E-state index is 11.9. The molecule has 0 bridgehead atoms. The number of nitrogens with one attached hydrogen (secondary N) is 1. The normalized spacial score (nSPS) is 12.6. The van der Waals surface area contributed by atoms with Crippen LogP contribution in [0.4, 0.5) is 0 Å². The Kier molecular flexibility index (Phi) is 4.04. The Balaban J connectivity index is 2.21. The van der Waals surface area contributed by atoms with Gasteiger partial charge in [0.15, 0.2) is 5.76 Å². The number of furan rings is 1. The summed E-state index contributed by atoms with van der Waals surface area (Å²) in [5.74, 6) is 0.0146. The zero-order valence-electron chi connectivity index (χ0n) is 9.94. The number of hydrogen-bond donors (Lipinski definition) is 2. The van der Waals surface area contributed by atoms with Crippen LogP contribution in [0.2, 0.25) is 0 Å². The van der Waals surface area contributed by atoms with Crippen molar-refractivity contribution >= 4 is 32.8 Å². The third-order valence-electron chi connectivity index (χ3n) is 2.66. The van der Waals surface area contributed by atoms with Gasteiger partial charge in [0.2, 0.25) is 0 Å². The van der Waals surface area contributed by atoms with E-state index >= 15 is 0 Å². The van der Waals surface area contributed by atoms with E-state index in [0.29, 0.717) is 12.0 Å². The summed E-state index contributed by atoms with van der Waals surface area (Å²) in [6, 6.07) is 7.26. The van der Waals surface area contributed by atoms with Crippen LogP contribution < -0.4 is 5.32 Å². The van der Waals surface area contributed by atoms with Gasteiger partial charge in [-0.2, -0.15) is 0 Å². The maximum Gasteiger partial charge on any atom is 0.287 e. The van der Waals surface area contributed by atoms with Crippen molar-refractivity contribution in [1.29, 1.82) is 0 Å². The van der Waals surface area contributed by atoms with Crippen LogP contribution in [0.5, 0.6) is 0 Å². The number of halogens is 1. The minimum atomic E-state index is -0.265. The molecular weight excluding hydrogens is 298 g/mol. The maximum absolute atomic E-state index is 11.9. The highest BCUT2D eigenvalue weighted by Crippen LogP contribution is 2.26. The third kappa shape index (κ3) is 2.73. The average Bonchev–Trinajstić information content (AvgIpc) is 2.74. The summed E-state index contributed by atoms with van der Waals surface area (Å²) in [6.45, 7) is 1.89. The molecule has 0 aliphatic heterocycles. The minimum Gasteiger partial charge on any atom is -0.450 e.